The summed E-state index contributed by atoms with van der Waals surface area (Å²) in [4.78, 5) is 15.1. The minimum absolute atomic E-state index is 0.0339. The van der Waals surface area contributed by atoms with Crippen molar-refractivity contribution in [2.24, 2.45) is 0 Å². The fourth-order valence-corrected chi connectivity index (χ4v) is 5.53. The van der Waals surface area contributed by atoms with E-state index in [-0.39, 0.29) is 24.1 Å². The molecule has 35 heavy (non-hydrogen) atoms. The highest BCUT2D eigenvalue weighted by molar-refractivity contribution is 7.12. The molecular formula is C26H23F3N4OS. The predicted octanol–water partition coefficient (Wildman–Crippen LogP) is 6.69. The molecule has 1 aromatic carbocycles. The number of aromatic nitrogens is 3. The molecule has 0 spiro atoms. The monoisotopic (exact) mass is 496 g/mol. The van der Waals surface area contributed by atoms with Crippen LogP contribution in [-0.4, -0.2) is 15.0 Å². The normalized spacial score (nSPS) is 13.2. The second-order valence-electron chi connectivity index (χ2n) is 8.50. The second kappa shape index (κ2) is 9.65. The Morgan fingerprint density at radius 1 is 1.00 bits per heavy atom. The number of anilines is 1. The lowest BCUT2D eigenvalue weighted by atomic mass is 9.99. The zero-order valence-electron chi connectivity index (χ0n) is 19.0. The number of alkyl halides is 2. The van der Waals surface area contributed by atoms with Crippen molar-refractivity contribution < 1.29 is 17.9 Å². The van der Waals surface area contributed by atoms with Crippen molar-refractivity contribution >= 4 is 17.3 Å². The van der Waals surface area contributed by atoms with Gasteiger partial charge in [-0.3, -0.25) is 4.98 Å². The maximum absolute atomic E-state index is 13.6. The van der Waals surface area contributed by atoms with Crippen molar-refractivity contribution in [1.29, 1.82) is 0 Å². The average Bonchev–Trinajstić information content (AvgIpc) is 3.25. The largest absolute Gasteiger partial charge is 0.471 e. The van der Waals surface area contributed by atoms with E-state index in [4.69, 9.17) is 10.5 Å². The number of aryl methyl sites for hydroxylation is 3. The number of rotatable bonds is 6. The highest BCUT2D eigenvalue weighted by atomic mass is 32.1. The third-order valence-electron chi connectivity index (χ3n) is 5.90. The smallest absolute Gasteiger partial charge is 0.280 e. The van der Waals surface area contributed by atoms with Gasteiger partial charge in [0.15, 0.2) is 0 Å². The van der Waals surface area contributed by atoms with E-state index in [0.717, 1.165) is 17.7 Å². The van der Waals surface area contributed by atoms with Gasteiger partial charge in [0.05, 0.1) is 11.3 Å². The maximum Gasteiger partial charge on any atom is 0.280 e. The fourth-order valence-electron chi connectivity index (χ4n) is 4.35. The molecule has 0 radical (unpaired) electrons. The number of nitrogens with two attached hydrogens (primary N) is 1. The highest BCUT2D eigenvalue weighted by Crippen LogP contribution is 2.40. The van der Waals surface area contributed by atoms with Crippen molar-refractivity contribution in [1.82, 2.24) is 15.0 Å². The number of thiophene rings is 1. The first-order chi connectivity index (χ1) is 16.9. The summed E-state index contributed by atoms with van der Waals surface area (Å²) in [5.41, 5.74) is 9.18. The Kier molecular flexibility index (Phi) is 6.42. The standard InChI is InChI=1S/C26H23F3N4OS/c1-14-10-17(12-20(31-14)24(28)29)22-23(15-6-8-18(27)9-7-15)32-26(30)33-25(22)34-13-19-11-16-4-2-3-5-21(16)35-19/h6-12,24H,2-5,13H2,1H3,(H2,30,32,33). The topological polar surface area (TPSA) is 73.9 Å². The number of hydrogen-bond acceptors (Lipinski definition) is 6. The molecule has 0 aliphatic heterocycles. The molecule has 0 unspecified atom stereocenters. The molecule has 0 atom stereocenters. The number of pyridine rings is 1. The van der Waals surface area contributed by atoms with E-state index in [9.17, 15) is 13.2 Å². The lowest BCUT2D eigenvalue weighted by molar-refractivity contribution is 0.146. The van der Waals surface area contributed by atoms with E-state index in [0.29, 0.717) is 28.1 Å². The van der Waals surface area contributed by atoms with Gasteiger partial charge in [-0.15, -0.1) is 11.3 Å². The van der Waals surface area contributed by atoms with Crippen LogP contribution in [0, 0.1) is 12.7 Å². The summed E-state index contributed by atoms with van der Waals surface area (Å²) < 4.78 is 46.9. The third-order valence-corrected chi connectivity index (χ3v) is 7.11. The lowest BCUT2D eigenvalue weighted by Gasteiger charge is -2.16. The molecule has 1 aliphatic rings. The van der Waals surface area contributed by atoms with Crippen molar-refractivity contribution in [2.45, 2.75) is 45.6 Å². The Morgan fingerprint density at radius 3 is 2.51 bits per heavy atom. The average molecular weight is 497 g/mol. The first-order valence-electron chi connectivity index (χ1n) is 11.3. The summed E-state index contributed by atoms with van der Waals surface area (Å²) in [6.07, 6.45) is 1.77. The first-order valence-corrected chi connectivity index (χ1v) is 12.1. The lowest BCUT2D eigenvalue weighted by Crippen LogP contribution is -2.06. The molecule has 4 aromatic rings. The van der Waals surface area contributed by atoms with E-state index in [2.05, 4.69) is 21.0 Å². The van der Waals surface area contributed by atoms with Crippen LogP contribution in [0.15, 0.2) is 42.5 Å². The van der Waals surface area contributed by atoms with Crippen LogP contribution in [0.3, 0.4) is 0 Å². The van der Waals surface area contributed by atoms with Crippen LogP contribution in [0.5, 0.6) is 5.88 Å². The summed E-state index contributed by atoms with van der Waals surface area (Å²) in [5, 5.41) is 0. The molecule has 0 saturated heterocycles. The molecule has 0 bridgehead atoms. The van der Waals surface area contributed by atoms with Gasteiger partial charge in [-0.2, -0.15) is 4.98 Å². The summed E-state index contributed by atoms with van der Waals surface area (Å²) >= 11 is 1.72. The number of benzene rings is 1. The van der Waals surface area contributed by atoms with E-state index in [1.54, 1.807) is 36.5 Å². The van der Waals surface area contributed by atoms with Crippen LogP contribution in [0.25, 0.3) is 22.4 Å². The van der Waals surface area contributed by atoms with Gasteiger partial charge in [0.25, 0.3) is 6.43 Å². The van der Waals surface area contributed by atoms with Gasteiger partial charge in [-0.05, 0) is 86.2 Å². The summed E-state index contributed by atoms with van der Waals surface area (Å²) in [6, 6.07) is 10.9. The maximum atomic E-state index is 13.6. The van der Waals surface area contributed by atoms with Crippen LogP contribution in [0.1, 0.15) is 46.0 Å². The molecule has 0 saturated carbocycles. The van der Waals surface area contributed by atoms with Gasteiger partial charge in [-0.25, -0.2) is 18.2 Å². The number of nitrogens with zero attached hydrogens (tertiary/aromatic N) is 3. The third kappa shape index (κ3) is 5.00. The minimum Gasteiger partial charge on any atom is -0.471 e. The fraction of sp³-hybridized carbons (Fsp3) is 0.269. The Bertz CT molecular complexity index is 1350. The molecule has 0 fully saturated rings. The SMILES string of the molecule is Cc1cc(-c2c(OCc3cc4c(s3)CCCC4)nc(N)nc2-c2ccc(F)cc2)cc(C(F)F)n1. The van der Waals surface area contributed by atoms with Crippen molar-refractivity contribution in [3.05, 3.63) is 75.0 Å². The molecule has 180 valence electrons. The zero-order valence-corrected chi connectivity index (χ0v) is 19.8. The molecule has 2 N–H and O–H groups in total. The van der Waals surface area contributed by atoms with Crippen LogP contribution in [0.4, 0.5) is 19.1 Å². The van der Waals surface area contributed by atoms with Gasteiger partial charge in [0.2, 0.25) is 11.8 Å². The van der Waals surface area contributed by atoms with Crippen molar-refractivity contribution in [3.63, 3.8) is 0 Å². The number of halogens is 3. The van der Waals surface area contributed by atoms with Gasteiger partial charge < -0.3 is 10.5 Å². The minimum atomic E-state index is -2.75. The predicted molar refractivity (Wildman–Crippen MR) is 130 cm³/mol. The molecule has 5 nitrogen and oxygen atoms in total. The molecule has 3 aromatic heterocycles. The quantitative estimate of drug-likeness (QED) is 0.322. The zero-order chi connectivity index (χ0) is 24.5. The highest BCUT2D eigenvalue weighted by Gasteiger charge is 2.22. The Balaban J connectivity index is 1.62. The summed E-state index contributed by atoms with van der Waals surface area (Å²) in [7, 11) is 0. The molecule has 0 amide bonds. The van der Waals surface area contributed by atoms with Crippen LogP contribution >= 0.6 is 11.3 Å². The van der Waals surface area contributed by atoms with E-state index in [1.807, 2.05) is 0 Å². The van der Waals surface area contributed by atoms with Gasteiger partial charge >= 0.3 is 0 Å². The number of fused-ring (bicyclic) bond motifs is 1. The van der Waals surface area contributed by atoms with E-state index in [1.165, 1.54) is 41.5 Å². The molecule has 1 aliphatic carbocycles. The first kappa shape index (κ1) is 23.3. The Morgan fingerprint density at radius 2 is 1.77 bits per heavy atom. The van der Waals surface area contributed by atoms with Gasteiger partial charge in [0.1, 0.15) is 18.1 Å². The van der Waals surface area contributed by atoms with Crippen molar-refractivity contribution in [3.8, 4) is 28.3 Å². The number of ether oxygens (including phenoxy) is 1. The van der Waals surface area contributed by atoms with E-state index < -0.39 is 12.2 Å². The number of hydrogen-bond donors (Lipinski definition) is 1. The van der Waals surface area contributed by atoms with Crippen LogP contribution < -0.4 is 10.5 Å². The van der Waals surface area contributed by atoms with Crippen LogP contribution in [0.2, 0.25) is 0 Å². The Hall–Kier alpha value is -3.46. The van der Waals surface area contributed by atoms with Gasteiger partial charge in [0, 0.05) is 21.0 Å². The molecule has 5 rings (SSSR count). The van der Waals surface area contributed by atoms with Crippen molar-refractivity contribution in [2.75, 3.05) is 5.73 Å². The van der Waals surface area contributed by atoms with E-state index >= 15 is 0 Å². The molecule has 9 heteroatoms. The summed E-state index contributed by atoms with van der Waals surface area (Å²) in [5.74, 6) is -0.266. The molecule has 3 heterocycles. The summed E-state index contributed by atoms with van der Waals surface area (Å²) in [6.45, 7) is 1.90. The van der Waals surface area contributed by atoms with Crippen LogP contribution in [-0.2, 0) is 19.4 Å². The van der Waals surface area contributed by atoms with Gasteiger partial charge in [-0.1, -0.05) is 0 Å². The second-order valence-corrected chi connectivity index (χ2v) is 9.72. The Labute approximate surface area is 204 Å². The molecular weight excluding hydrogens is 473 g/mol. The number of nitrogen functional groups attached to an aromatic ring is 1.